The van der Waals surface area contributed by atoms with E-state index in [1.807, 2.05) is 32.0 Å². The molecule has 0 aliphatic rings. The van der Waals surface area contributed by atoms with Crippen LogP contribution in [-0.4, -0.2) is 153 Å². The lowest BCUT2D eigenvalue weighted by molar-refractivity contribution is -0.385. The third-order valence-electron chi connectivity index (χ3n) is 16.2. The number of nitriles is 1. The SMILES string of the molecule is COc1ccc2c(c1)nc1c(C#N)c(C)c(N=Nc3cc(C)c(N=Nc4cc(Nc5nc(Nc6cccc(C)c6)nc(Nc6cc(C)ccc6SCCCS(=O)(=O)O)n5)c(N=Nc5cc(C)c(N=Nc6ccc([N+](=O)[O-])cc6S(=O)(=O)O)cc5SCCCS(=O)(=O)O)cc4SCCCS(=O)(=O)O)cc3OCCCS(=O)(=O)O)c(O)n12. The Balaban J connectivity index is 1.15. The van der Waals surface area contributed by atoms with Gasteiger partial charge in [-0.3, -0.25) is 37.3 Å². The average Bonchev–Trinajstić information content (AvgIpc) is 1.60. The van der Waals surface area contributed by atoms with Gasteiger partial charge in [0.05, 0.1) is 81.1 Å². The van der Waals surface area contributed by atoms with Gasteiger partial charge in [-0.05, 0) is 173 Å². The van der Waals surface area contributed by atoms with Crippen LogP contribution < -0.4 is 25.4 Å². The first-order chi connectivity index (χ1) is 54.3. The van der Waals surface area contributed by atoms with Crippen molar-refractivity contribution in [1.29, 1.82) is 5.26 Å². The average molecular weight is 1730 g/mol. The summed E-state index contributed by atoms with van der Waals surface area (Å²) in [4.78, 5) is 29.8. The van der Waals surface area contributed by atoms with E-state index in [2.05, 4.69) is 52.6 Å². The number of aryl methyl sites for hydroxylation is 4. The van der Waals surface area contributed by atoms with Crippen LogP contribution in [0.4, 0.5) is 86.1 Å². The summed E-state index contributed by atoms with van der Waals surface area (Å²) in [7, 11) is -21.3. The molecule has 0 fully saturated rings. The van der Waals surface area contributed by atoms with E-state index >= 15 is 0 Å². The first kappa shape index (κ1) is 86.6. The van der Waals surface area contributed by atoms with Crippen LogP contribution in [0.15, 0.2) is 176 Å². The lowest BCUT2D eigenvalue weighted by Crippen LogP contribution is -2.08. The number of thioether (sulfide) groups is 3. The van der Waals surface area contributed by atoms with E-state index in [9.17, 15) is 85.3 Å². The molecule has 0 radical (unpaired) electrons. The van der Waals surface area contributed by atoms with E-state index in [0.29, 0.717) is 50.2 Å². The number of nitro benzene ring substituents is 1. The van der Waals surface area contributed by atoms with Crippen LogP contribution in [0.25, 0.3) is 16.7 Å². The summed E-state index contributed by atoms with van der Waals surface area (Å²) in [6.45, 7) is 8.10. The lowest BCUT2D eigenvalue weighted by Gasteiger charge is -2.16. The van der Waals surface area contributed by atoms with Crippen molar-refractivity contribution in [2.24, 2.45) is 40.9 Å². The molecule has 10 rings (SSSR count). The Morgan fingerprint density at radius 2 is 1.05 bits per heavy atom. The summed E-state index contributed by atoms with van der Waals surface area (Å²) < 4.78 is 182. The molecule has 0 saturated heterocycles. The van der Waals surface area contributed by atoms with Gasteiger partial charge in [-0.15, -0.1) is 66.0 Å². The van der Waals surface area contributed by atoms with Gasteiger partial charge >= 0.3 is 0 Å². The number of benzene rings is 7. The molecule has 46 heteroatoms. The van der Waals surface area contributed by atoms with Gasteiger partial charge in [0.25, 0.3) is 56.3 Å². The molecule has 0 aliphatic heterocycles. The molecule has 3 aromatic heterocycles. The highest BCUT2D eigenvalue weighted by Gasteiger charge is 2.25. The molecule has 604 valence electrons. The molecule has 115 heavy (non-hydrogen) atoms. The van der Waals surface area contributed by atoms with Crippen LogP contribution in [0.1, 0.15) is 59.1 Å². The third-order valence-corrected chi connectivity index (χ3v) is 23.7. The van der Waals surface area contributed by atoms with Gasteiger partial charge in [0.2, 0.25) is 23.7 Å². The predicted molar refractivity (Wildman–Crippen MR) is 433 cm³/mol. The molecule has 0 unspecified atom stereocenters. The van der Waals surface area contributed by atoms with E-state index in [1.165, 1.54) is 66.6 Å². The van der Waals surface area contributed by atoms with Gasteiger partial charge in [0.15, 0.2) is 11.3 Å². The minimum atomic E-state index is -5.11. The molecule has 10 aromatic rings. The van der Waals surface area contributed by atoms with Crippen molar-refractivity contribution in [3.05, 3.63) is 159 Å². The number of anilines is 6. The quantitative estimate of drug-likeness (QED) is 0.00436. The van der Waals surface area contributed by atoms with Gasteiger partial charge in [-0.1, -0.05) is 18.2 Å². The minimum Gasteiger partial charge on any atom is -0.497 e. The fourth-order valence-corrected chi connectivity index (χ4v) is 16.8. The number of nitrogens with zero attached hydrogens (tertiary/aromatic N) is 15. The number of hydrogen-bond donors (Lipinski definition) is 9. The maximum absolute atomic E-state index is 12.5. The summed E-state index contributed by atoms with van der Waals surface area (Å²) in [6.07, 6.45) is -0.345. The molecule has 3 heterocycles. The Hall–Kier alpha value is -10.8. The standard InChI is InChI=1S/C69H70N18O20S8/c1-39-12-7-13-44(28-39)71-67-75-68(77-69(76-67)74-55-29-40(2)14-19-60(55)108-21-9-25-112(94,95)96)73-51-34-57(84-79-49-35-59(107-20-8-24-111(91,92)93)54(30-41(49)3)82-85-64-43(5)47(38-70)65-72-53-33-46(106-6)16-18-58(53)86(65)66(64)88)62(110-23-11-27-114(100,101)102)37-52(51)81-83-56-31-42(4)50(36-61(56)109-22-10-26-113(97,98)99)80-78-48-17-15-45(87(89)90)32-63(48)115(103,104)105/h7,12-19,28-37,88H,8-11,20-27H2,1-6H3,(H,91,92,93)(H,94,95,96)(H,97,98,99)(H,100,101,102)(H,103,104,105)(H3,71,73,74,75,76,77). The molecule has 0 aliphatic carbocycles. The highest BCUT2D eigenvalue weighted by atomic mass is 32.2. The highest BCUT2D eigenvalue weighted by molar-refractivity contribution is 8.00. The highest BCUT2D eigenvalue weighted by Crippen LogP contribution is 2.46. The molecule has 0 bridgehead atoms. The number of aromatic hydroxyl groups is 1. The normalized spacial score (nSPS) is 12.4. The van der Waals surface area contributed by atoms with Crippen LogP contribution in [0.3, 0.4) is 0 Å². The molecule has 9 N–H and O–H groups in total. The number of nitrogens with one attached hydrogen (secondary N) is 3. The van der Waals surface area contributed by atoms with Crippen LogP contribution >= 0.6 is 35.3 Å². The minimum absolute atomic E-state index is 0.00172. The van der Waals surface area contributed by atoms with Crippen LogP contribution in [0, 0.1) is 56.1 Å². The third kappa shape index (κ3) is 24.4. The fraction of sp³-hybridized carbons (Fsp3) is 0.261. The number of azo groups is 4. The molecule has 0 spiro atoms. The fourth-order valence-electron chi connectivity index (χ4n) is 10.8. The molecular weight excluding hydrogens is 1660 g/mol. The number of rotatable bonds is 37. The van der Waals surface area contributed by atoms with Crippen LogP contribution in [-0.2, 0) is 50.6 Å². The van der Waals surface area contributed by atoms with Gasteiger partial charge < -0.3 is 30.5 Å². The Labute approximate surface area is 670 Å². The van der Waals surface area contributed by atoms with Crippen molar-refractivity contribution in [3.63, 3.8) is 0 Å². The molecule has 0 amide bonds. The van der Waals surface area contributed by atoms with E-state index in [0.717, 1.165) is 46.8 Å². The number of pyridine rings is 1. The Morgan fingerprint density at radius 1 is 0.530 bits per heavy atom. The van der Waals surface area contributed by atoms with Gasteiger partial charge in [0.1, 0.15) is 50.8 Å². The predicted octanol–water partition coefficient (Wildman–Crippen LogP) is 16.6. The number of imidazole rings is 1. The maximum Gasteiger partial charge on any atom is 0.297 e. The second kappa shape index (κ2) is 37.2. The summed E-state index contributed by atoms with van der Waals surface area (Å²) >= 11 is 3.35. The van der Waals surface area contributed by atoms with Gasteiger partial charge in [-0.25, -0.2) is 4.98 Å². The summed E-state index contributed by atoms with van der Waals surface area (Å²) in [6, 6.07) is 31.0. The largest absolute Gasteiger partial charge is 0.497 e. The topological polar surface area (TPSA) is 568 Å². The molecule has 38 nitrogen and oxygen atoms in total. The molecule has 0 saturated carbocycles. The second-order valence-electron chi connectivity index (χ2n) is 25.1. The number of aromatic nitrogens is 5. The zero-order valence-corrected chi connectivity index (χ0v) is 67.9. The van der Waals surface area contributed by atoms with Gasteiger partial charge in [0, 0.05) is 50.2 Å². The number of fused-ring (bicyclic) bond motifs is 3. The number of nitro groups is 1. The van der Waals surface area contributed by atoms with Crippen molar-refractivity contribution in [2.75, 3.05) is 69.9 Å². The summed E-state index contributed by atoms with van der Waals surface area (Å²) in [5.41, 5.74) is 3.46. The lowest BCUT2D eigenvalue weighted by atomic mass is 10.1. The van der Waals surface area contributed by atoms with Crippen molar-refractivity contribution in [1.82, 2.24) is 24.3 Å². The van der Waals surface area contributed by atoms with Crippen LogP contribution in [0.2, 0.25) is 0 Å². The number of methoxy groups -OCH3 is 1. The maximum atomic E-state index is 12.5. The number of non-ortho nitro benzene ring substituents is 1. The molecular formula is C69H70N18O20S8. The van der Waals surface area contributed by atoms with Crippen LogP contribution in [0.5, 0.6) is 17.4 Å². The van der Waals surface area contributed by atoms with E-state index < -0.39 is 101 Å². The van der Waals surface area contributed by atoms with Gasteiger partial charge in [-0.2, -0.15) is 72.5 Å². The van der Waals surface area contributed by atoms with Crippen molar-refractivity contribution >= 4 is 189 Å². The summed E-state index contributed by atoms with van der Waals surface area (Å²) in [5.74, 6) is -2.52. The van der Waals surface area contributed by atoms with Crippen molar-refractivity contribution < 1.29 is 84.4 Å². The van der Waals surface area contributed by atoms with E-state index in [4.69, 9.17) is 39.8 Å². The summed E-state index contributed by atoms with van der Waals surface area (Å²) in [5, 5.41) is 79.6. The first-order valence-electron chi connectivity index (χ1n) is 33.9. The molecule has 0 atom stereocenters. The monoisotopic (exact) mass is 1730 g/mol. The van der Waals surface area contributed by atoms with Crippen molar-refractivity contribution in [3.8, 4) is 23.4 Å². The van der Waals surface area contributed by atoms with E-state index in [-0.39, 0.29) is 145 Å². The Kier molecular flexibility index (Phi) is 28.0. The zero-order valence-electron chi connectivity index (χ0n) is 61.3. The number of hydrogen-bond acceptors (Lipinski definition) is 34. The molecule has 7 aromatic carbocycles. The van der Waals surface area contributed by atoms with E-state index in [1.54, 1.807) is 56.3 Å². The first-order valence-corrected chi connectivity index (χ1v) is 44.7. The second-order valence-corrected chi connectivity index (χ2v) is 36.2. The zero-order chi connectivity index (χ0) is 83.3. The Bertz CT molecular complexity index is 6230. The smallest absolute Gasteiger partial charge is 0.297 e. The van der Waals surface area contributed by atoms with Crippen molar-refractivity contribution in [2.45, 2.75) is 79.9 Å². The number of ether oxygens (including phenoxy) is 2. The Morgan fingerprint density at radius 3 is 1.63 bits per heavy atom.